The molecular weight excluding hydrogens is 296 g/mol. The van der Waals surface area contributed by atoms with Gasteiger partial charge in [-0.05, 0) is 34.7 Å². The van der Waals surface area contributed by atoms with Gasteiger partial charge < -0.3 is 4.74 Å². The number of aryl methyl sites for hydroxylation is 1. The summed E-state index contributed by atoms with van der Waals surface area (Å²) in [7, 11) is 0. The van der Waals surface area contributed by atoms with Crippen molar-refractivity contribution in [1.82, 2.24) is 0 Å². The predicted octanol–water partition coefficient (Wildman–Crippen LogP) is 5.31. The summed E-state index contributed by atoms with van der Waals surface area (Å²) in [5, 5.41) is 0. The van der Waals surface area contributed by atoms with Crippen LogP contribution in [-0.4, -0.2) is 6.29 Å². The van der Waals surface area contributed by atoms with E-state index in [2.05, 4.69) is 19.1 Å². The number of rotatable bonds is 6. The first-order valence-corrected chi connectivity index (χ1v) is 8.16. The van der Waals surface area contributed by atoms with Crippen LogP contribution in [0.4, 0.5) is 0 Å². The van der Waals surface area contributed by atoms with Crippen LogP contribution in [0.15, 0.2) is 72.8 Å². The number of hydrogen-bond acceptors (Lipinski definition) is 2. The zero-order valence-corrected chi connectivity index (χ0v) is 13.7. The van der Waals surface area contributed by atoms with Crippen LogP contribution < -0.4 is 4.74 Å². The molecule has 0 unspecified atom stereocenters. The second-order valence-electron chi connectivity index (χ2n) is 5.66. The van der Waals surface area contributed by atoms with E-state index in [1.807, 2.05) is 60.7 Å². The van der Waals surface area contributed by atoms with Gasteiger partial charge >= 0.3 is 0 Å². The summed E-state index contributed by atoms with van der Waals surface area (Å²) in [6.45, 7) is 2.57. The fraction of sp³-hybridized carbons (Fsp3) is 0.136. The Bertz CT molecular complexity index is 822. The Hall–Kier alpha value is -2.87. The summed E-state index contributed by atoms with van der Waals surface area (Å²) in [5.41, 5.74) is 4.88. The highest BCUT2D eigenvalue weighted by Crippen LogP contribution is 2.30. The van der Waals surface area contributed by atoms with E-state index in [-0.39, 0.29) is 0 Å². The Morgan fingerprint density at radius 1 is 0.875 bits per heavy atom. The lowest BCUT2D eigenvalue weighted by Crippen LogP contribution is -1.99. The monoisotopic (exact) mass is 316 g/mol. The second kappa shape index (κ2) is 7.60. The van der Waals surface area contributed by atoms with E-state index in [1.54, 1.807) is 0 Å². The third-order valence-corrected chi connectivity index (χ3v) is 4.07. The zero-order valence-electron chi connectivity index (χ0n) is 13.7. The fourth-order valence-electron chi connectivity index (χ4n) is 2.74. The third-order valence-electron chi connectivity index (χ3n) is 4.07. The SMILES string of the molecule is CCc1cccc(-c2cccc(OCc3ccccc3)c2C=O)c1. The summed E-state index contributed by atoms with van der Waals surface area (Å²) in [5.74, 6) is 0.619. The average molecular weight is 316 g/mol. The highest BCUT2D eigenvalue weighted by Gasteiger charge is 2.11. The van der Waals surface area contributed by atoms with Gasteiger partial charge in [0.2, 0.25) is 0 Å². The summed E-state index contributed by atoms with van der Waals surface area (Å²) < 4.78 is 5.90. The molecule has 0 N–H and O–H groups in total. The smallest absolute Gasteiger partial charge is 0.154 e. The first-order chi connectivity index (χ1) is 11.8. The minimum Gasteiger partial charge on any atom is -0.488 e. The maximum Gasteiger partial charge on any atom is 0.154 e. The van der Waals surface area contributed by atoms with Gasteiger partial charge in [0.1, 0.15) is 12.4 Å². The molecule has 0 atom stereocenters. The molecule has 0 saturated carbocycles. The van der Waals surface area contributed by atoms with Crippen molar-refractivity contribution >= 4 is 6.29 Å². The van der Waals surface area contributed by atoms with E-state index < -0.39 is 0 Å². The normalized spacial score (nSPS) is 10.4. The lowest BCUT2D eigenvalue weighted by Gasteiger charge is -2.13. The van der Waals surface area contributed by atoms with Crippen LogP contribution in [0.3, 0.4) is 0 Å². The number of carbonyl (C=O) groups excluding carboxylic acids is 1. The van der Waals surface area contributed by atoms with Gasteiger partial charge in [-0.1, -0.05) is 73.7 Å². The van der Waals surface area contributed by atoms with Crippen LogP contribution in [0.25, 0.3) is 11.1 Å². The van der Waals surface area contributed by atoms with Gasteiger partial charge in [-0.15, -0.1) is 0 Å². The largest absolute Gasteiger partial charge is 0.488 e. The van der Waals surface area contributed by atoms with Crippen molar-refractivity contribution in [3.8, 4) is 16.9 Å². The summed E-state index contributed by atoms with van der Waals surface area (Å²) in [6, 6.07) is 24.0. The molecule has 0 aliphatic rings. The number of benzene rings is 3. The van der Waals surface area contributed by atoms with Crippen LogP contribution in [-0.2, 0) is 13.0 Å². The number of carbonyl (C=O) groups is 1. The van der Waals surface area contributed by atoms with Crippen molar-refractivity contribution in [1.29, 1.82) is 0 Å². The first kappa shape index (κ1) is 16.0. The number of aldehydes is 1. The third kappa shape index (κ3) is 3.54. The lowest BCUT2D eigenvalue weighted by molar-refractivity contribution is 0.111. The van der Waals surface area contributed by atoms with E-state index in [0.717, 1.165) is 29.4 Å². The van der Waals surface area contributed by atoms with Gasteiger partial charge in [0.05, 0.1) is 5.56 Å². The van der Waals surface area contributed by atoms with E-state index >= 15 is 0 Å². The second-order valence-corrected chi connectivity index (χ2v) is 5.66. The van der Waals surface area contributed by atoms with Crippen molar-refractivity contribution in [2.45, 2.75) is 20.0 Å². The van der Waals surface area contributed by atoms with Gasteiger partial charge in [0, 0.05) is 0 Å². The Morgan fingerprint density at radius 3 is 2.38 bits per heavy atom. The molecule has 0 spiro atoms. The topological polar surface area (TPSA) is 26.3 Å². The van der Waals surface area contributed by atoms with Crippen molar-refractivity contribution in [3.05, 3.63) is 89.5 Å². The van der Waals surface area contributed by atoms with Crippen LogP contribution in [0.2, 0.25) is 0 Å². The van der Waals surface area contributed by atoms with Gasteiger partial charge in [0.15, 0.2) is 6.29 Å². The zero-order chi connectivity index (χ0) is 16.8. The highest BCUT2D eigenvalue weighted by atomic mass is 16.5. The molecule has 2 nitrogen and oxygen atoms in total. The molecule has 2 heteroatoms. The molecule has 0 aromatic heterocycles. The molecule has 0 bridgehead atoms. The van der Waals surface area contributed by atoms with Gasteiger partial charge in [0.25, 0.3) is 0 Å². The molecule has 0 aliphatic heterocycles. The molecular formula is C22H20O2. The minimum absolute atomic E-state index is 0.445. The lowest BCUT2D eigenvalue weighted by atomic mass is 9.97. The molecule has 3 rings (SSSR count). The Labute approximate surface area is 142 Å². The fourth-order valence-corrected chi connectivity index (χ4v) is 2.74. The molecule has 0 aliphatic carbocycles. The van der Waals surface area contributed by atoms with E-state index in [9.17, 15) is 4.79 Å². The van der Waals surface area contributed by atoms with Gasteiger partial charge in [-0.3, -0.25) is 4.79 Å². The van der Waals surface area contributed by atoms with Crippen molar-refractivity contribution in [2.24, 2.45) is 0 Å². The van der Waals surface area contributed by atoms with Crippen molar-refractivity contribution < 1.29 is 9.53 Å². The molecule has 0 fully saturated rings. The van der Waals surface area contributed by atoms with E-state index in [4.69, 9.17) is 4.74 Å². The van der Waals surface area contributed by atoms with E-state index in [1.165, 1.54) is 5.56 Å². The number of ether oxygens (including phenoxy) is 1. The standard InChI is InChI=1S/C22H20O2/c1-2-17-10-6-11-19(14-17)20-12-7-13-22(21(20)15-23)24-16-18-8-4-3-5-9-18/h3-15H,2,16H2,1H3. The summed E-state index contributed by atoms with van der Waals surface area (Å²) in [4.78, 5) is 11.7. The highest BCUT2D eigenvalue weighted by molar-refractivity contribution is 5.91. The molecule has 3 aromatic carbocycles. The summed E-state index contributed by atoms with van der Waals surface area (Å²) >= 11 is 0. The molecule has 3 aromatic rings. The van der Waals surface area contributed by atoms with Crippen molar-refractivity contribution in [2.75, 3.05) is 0 Å². The Balaban J connectivity index is 1.92. The minimum atomic E-state index is 0.445. The maximum absolute atomic E-state index is 11.7. The van der Waals surface area contributed by atoms with Crippen molar-refractivity contribution in [3.63, 3.8) is 0 Å². The van der Waals surface area contributed by atoms with Gasteiger partial charge in [-0.25, -0.2) is 0 Å². The quantitative estimate of drug-likeness (QED) is 0.576. The molecule has 0 amide bonds. The Kier molecular flexibility index (Phi) is 5.07. The van der Waals surface area contributed by atoms with Crippen LogP contribution in [0, 0.1) is 0 Å². The molecule has 120 valence electrons. The maximum atomic E-state index is 11.7. The molecule has 0 radical (unpaired) electrons. The van der Waals surface area contributed by atoms with Crippen LogP contribution >= 0.6 is 0 Å². The first-order valence-electron chi connectivity index (χ1n) is 8.16. The molecule has 24 heavy (non-hydrogen) atoms. The van der Waals surface area contributed by atoms with Crippen LogP contribution in [0.1, 0.15) is 28.4 Å². The van der Waals surface area contributed by atoms with Crippen LogP contribution in [0.5, 0.6) is 5.75 Å². The predicted molar refractivity (Wildman–Crippen MR) is 97.4 cm³/mol. The van der Waals surface area contributed by atoms with Gasteiger partial charge in [-0.2, -0.15) is 0 Å². The van der Waals surface area contributed by atoms with E-state index in [0.29, 0.717) is 17.9 Å². The molecule has 0 saturated heterocycles. The number of hydrogen-bond donors (Lipinski definition) is 0. The molecule has 0 heterocycles. The average Bonchev–Trinajstić information content (AvgIpc) is 2.66. The Morgan fingerprint density at radius 2 is 1.62 bits per heavy atom. The summed E-state index contributed by atoms with van der Waals surface area (Å²) in [6.07, 6.45) is 1.85.